The van der Waals surface area contributed by atoms with Crippen molar-refractivity contribution in [3.8, 4) is 0 Å². The molecule has 0 N–H and O–H groups in total. The van der Waals surface area contributed by atoms with Gasteiger partial charge in [0.25, 0.3) is 0 Å². The van der Waals surface area contributed by atoms with Crippen molar-refractivity contribution in [2.24, 2.45) is 0 Å². The van der Waals surface area contributed by atoms with Crippen LogP contribution in [0.3, 0.4) is 0 Å². The van der Waals surface area contributed by atoms with Crippen LogP contribution in [0, 0.1) is 6.92 Å². The largest absolute Gasteiger partial charge is 0.237 e. The van der Waals surface area contributed by atoms with Gasteiger partial charge < -0.3 is 0 Å². The third kappa shape index (κ3) is 1.67. The average Bonchev–Trinajstić information content (AvgIpc) is 2.41. The zero-order chi connectivity index (χ0) is 10.3. The van der Waals surface area contributed by atoms with Crippen LogP contribution in [0.2, 0.25) is 0 Å². The highest BCUT2D eigenvalue weighted by Crippen LogP contribution is 2.37. The highest BCUT2D eigenvalue weighted by Gasteiger charge is 2.26. The molecule has 3 nitrogen and oxygen atoms in total. The van der Waals surface area contributed by atoms with Gasteiger partial charge in [0.05, 0.1) is 11.4 Å². The summed E-state index contributed by atoms with van der Waals surface area (Å²) in [7, 11) is 0. The lowest BCUT2D eigenvalue weighted by Crippen LogP contribution is -2.09. The first-order chi connectivity index (χ1) is 6.48. The quantitative estimate of drug-likeness (QED) is 0.673. The van der Waals surface area contributed by atoms with E-state index >= 15 is 0 Å². The third-order valence-electron chi connectivity index (χ3n) is 1.77. The highest BCUT2D eigenvalue weighted by atomic mass is 35.6. The number of aryl methyl sites for hydroxylation is 1. The lowest BCUT2D eigenvalue weighted by atomic mass is 10.4. The van der Waals surface area contributed by atoms with Gasteiger partial charge in [0.1, 0.15) is 0 Å². The van der Waals surface area contributed by atoms with Gasteiger partial charge in [-0.25, -0.2) is 9.50 Å². The Labute approximate surface area is 95.6 Å². The van der Waals surface area contributed by atoms with Gasteiger partial charge in [0.15, 0.2) is 5.65 Å². The summed E-state index contributed by atoms with van der Waals surface area (Å²) in [5.74, 6) is 0. The zero-order valence-corrected chi connectivity index (χ0v) is 9.48. The fourth-order valence-corrected chi connectivity index (χ4v) is 1.65. The summed E-state index contributed by atoms with van der Waals surface area (Å²) in [6.07, 6.45) is 1.59. The summed E-state index contributed by atoms with van der Waals surface area (Å²) in [6, 6.07) is 3.45. The van der Waals surface area contributed by atoms with Gasteiger partial charge in [0.2, 0.25) is 3.79 Å². The Balaban J connectivity index is 2.77. The molecule has 0 aromatic carbocycles. The number of rotatable bonds is 0. The van der Waals surface area contributed by atoms with Crippen molar-refractivity contribution < 1.29 is 0 Å². The van der Waals surface area contributed by atoms with Crippen molar-refractivity contribution in [3.05, 3.63) is 29.7 Å². The van der Waals surface area contributed by atoms with Crippen LogP contribution in [0.1, 0.15) is 11.4 Å². The fraction of sp³-hybridized carbons (Fsp3) is 0.250. The molecule has 0 saturated carbocycles. The van der Waals surface area contributed by atoms with Crippen LogP contribution in [0.5, 0.6) is 0 Å². The number of hydrogen-bond acceptors (Lipinski definition) is 2. The van der Waals surface area contributed by atoms with Crippen molar-refractivity contribution in [1.29, 1.82) is 0 Å². The number of nitrogens with zero attached hydrogens (tertiary/aromatic N) is 3. The van der Waals surface area contributed by atoms with Crippen molar-refractivity contribution in [1.82, 2.24) is 14.6 Å². The molecule has 2 aromatic heterocycles. The van der Waals surface area contributed by atoms with Crippen LogP contribution in [0.15, 0.2) is 18.3 Å². The van der Waals surface area contributed by atoms with Crippen LogP contribution >= 0.6 is 34.8 Å². The molecule has 0 bridgehead atoms. The predicted molar refractivity (Wildman–Crippen MR) is 57.0 cm³/mol. The Hall–Kier alpha value is -0.510. The van der Waals surface area contributed by atoms with Crippen LogP contribution in [0.25, 0.3) is 5.65 Å². The summed E-state index contributed by atoms with van der Waals surface area (Å²) < 4.78 is 0.0436. The monoisotopic (exact) mass is 249 g/mol. The van der Waals surface area contributed by atoms with E-state index in [1.54, 1.807) is 12.3 Å². The first kappa shape index (κ1) is 10.0. The van der Waals surface area contributed by atoms with Gasteiger partial charge in [-0.1, -0.05) is 34.8 Å². The minimum absolute atomic E-state index is 0.487. The van der Waals surface area contributed by atoms with E-state index < -0.39 is 3.79 Å². The molecule has 2 aromatic rings. The van der Waals surface area contributed by atoms with Crippen molar-refractivity contribution >= 4 is 40.4 Å². The predicted octanol–water partition coefficient (Wildman–Crippen LogP) is 2.86. The summed E-state index contributed by atoms with van der Waals surface area (Å²) in [5, 5.41) is 4.18. The van der Waals surface area contributed by atoms with E-state index in [1.165, 1.54) is 4.52 Å². The maximum absolute atomic E-state index is 5.79. The third-order valence-corrected chi connectivity index (χ3v) is 2.35. The van der Waals surface area contributed by atoms with Crippen LogP contribution in [-0.2, 0) is 3.79 Å². The molecule has 74 valence electrons. The molecule has 0 amide bonds. The normalized spacial score (nSPS) is 12.3. The van der Waals surface area contributed by atoms with Gasteiger partial charge in [-0.15, -0.1) is 0 Å². The molecule has 0 aliphatic heterocycles. The van der Waals surface area contributed by atoms with E-state index in [9.17, 15) is 0 Å². The number of alkyl halides is 3. The van der Waals surface area contributed by atoms with Gasteiger partial charge in [0, 0.05) is 12.3 Å². The second-order valence-corrected chi connectivity index (χ2v) is 5.16. The van der Waals surface area contributed by atoms with Crippen molar-refractivity contribution in [2.45, 2.75) is 10.7 Å². The molecule has 2 heterocycles. The molecule has 2 rings (SSSR count). The Bertz CT molecular complexity index is 472. The van der Waals surface area contributed by atoms with Gasteiger partial charge in [-0.2, -0.15) is 5.10 Å². The molecular formula is C8H6Cl3N3. The molecule has 0 atom stereocenters. The Morgan fingerprint density at radius 3 is 2.71 bits per heavy atom. The maximum atomic E-state index is 5.79. The summed E-state index contributed by atoms with van der Waals surface area (Å²) in [4.78, 5) is 4.10. The standard InChI is InChI=1S/C8H6Cl3N3/c1-5-4-7-12-3-2-6(8(9,10)11)14(7)13-5/h2-4H,1H3. The average molecular weight is 251 g/mol. The van der Waals surface area contributed by atoms with E-state index in [4.69, 9.17) is 34.8 Å². The second kappa shape index (κ2) is 3.26. The van der Waals surface area contributed by atoms with Crippen molar-refractivity contribution in [3.63, 3.8) is 0 Å². The first-order valence-corrected chi connectivity index (χ1v) is 5.00. The summed E-state index contributed by atoms with van der Waals surface area (Å²) in [5.41, 5.74) is 1.99. The molecule has 0 radical (unpaired) electrons. The van der Waals surface area contributed by atoms with E-state index in [2.05, 4.69) is 10.1 Å². The minimum Gasteiger partial charge on any atom is -0.237 e. The topological polar surface area (TPSA) is 30.2 Å². The summed E-state index contributed by atoms with van der Waals surface area (Å²) >= 11 is 17.4. The molecule has 14 heavy (non-hydrogen) atoms. The van der Waals surface area contributed by atoms with Crippen LogP contribution in [0.4, 0.5) is 0 Å². The fourth-order valence-electron chi connectivity index (χ4n) is 1.22. The number of halogens is 3. The Morgan fingerprint density at radius 2 is 2.07 bits per heavy atom. The lowest BCUT2D eigenvalue weighted by Gasteiger charge is -2.11. The van der Waals surface area contributed by atoms with Crippen LogP contribution in [-0.4, -0.2) is 14.6 Å². The van der Waals surface area contributed by atoms with Crippen molar-refractivity contribution in [2.75, 3.05) is 0 Å². The molecule has 0 aliphatic carbocycles. The molecule has 6 heteroatoms. The van der Waals surface area contributed by atoms with Crippen LogP contribution < -0.4 is 0 Å². The molecule has 0 saturated heterocycles. The summed E-state index contributed by atoms with van der Waals surface area (Å²) in [6.45, 7) is 1.86. The minimum atomic E-state index is -1.49. The van der Waals surface area contributed by atoms with E-state index in [1.807, 2.05) is 13.0 Å². The highest BCUT2D eigenvalue weighted by molar-refractivity contribution is 6.66. The Kier molecular flexibility index (Phi) is 2.33. The van der Waals surface area contributed by atoms with E-state index in [-0.39, 0.29) is 0 Å². The van der Waals surface area contributed by atoms with E-state index in [0.29, 0.717) is 11.3 Å². The van der Waals surface area contributed by atoms with Gasteiger partial charge in [-0.05, 0) is 13.0 Å². The smallest absolute Gasteiger partial charge is 0.232 e. The van der Waals surface area contributed by atoms with E-state index in [0.717, 1.165) is 5.69 Å². The number of fused-ring (bicyclic) bond motifs is 1. The number of hydrogen-bond donors (Lipinski definition) is 0. The molecule has 0 aliphatic rings. The molecular weight excluding hydrogens is 244 g/mol. The van der Waals surface area contributed by atoms with Gasteiger partial charge >= 0.3 is 0 Å². The SMILES string of the molecule is Cc1cc2nccc(C(Cl)(Cl)Cl)n2n1. The first-order valence-electron chi connectivity index (χ1n) is 3.87. The molecule has 0 spiro atoms. The second-order valence-electron chi connectivity index (χ2n) is 2.88. The lowest BCUT2D eigenvalue weighted by molar-refractivity contribution is 0.847. The molecule has 0 unspecified atom stereocenters. The molecule has 0 fully saturated rings. The Morgan fingerprint density at radius 1 is 1.36 bits per heavy atom. The zero-order valence-electron chi connectivity index (χ0n) is 7.21. The number of aromatic nitrogens is 3. The maximum Gasteiger partial charge on any atom is 0.232 e. The van der Waals surface area contributed by atoms with Gasteiger partial charge in [-0.3, -0.25) is 0 Å².